The lowest BCUT2D eigenvalue weighted by Gasteiger charge is -2.16. The molecule has 2 aromatic rings. The molecule has 21 heavy (non-hydrogen) atoms. The van der Waals surface area contributed by atoms with Crippen LogP contribution in [0.25, 0.3) is 0 Å². The van der Waals surface area contributed by atoms with Crippen LogP contribution in [0.5, 0.6) is 0 Å². The highest BCUT2D eigenvalue weighted by Crippen LogP contribution is 2.35. The van der Waals surface area contributed by atoms with Crippen molar-refractivity contribution in [1.29, 1.82) is 0 Å². The molecule has 106 valence electrons. The average Bonchev–Trinajstić information content (AvgIpc) is 2.69. The molecule has 4 nitrogen and oxygen atoms in total. The lowest BCUT2D eigenvalue weighted by molar-refractivity contribution is -0.114. The molecule has 0 saturated heterocycles. The third-order valence-corrected chi connectivity index (χ3v) is 4.36. The molecule has 0 saturated carbocycles. The Hall–Kier alpha value is -1.43. The van der Waals surface area contributed by atoms with Crippen molar-refractivity contribution >= 4 is 56.5 Å². The van der Waals surface area contributed by atoms with E-state index in [1.807, 2.05) is 0 Å². The van der Waals surface area contributed by atoms with Gasteiger partial charge in [-0.05, 0) is 40.2 Å². The Balaban J connectivity index is 2.05. The van der Waals surface area contributed by atoms with E-state index in [9.17, 15) is 9.59 Å². The fraction of sp³-hybridized carbons (Fsp3) is 0.0714. The molecule has 0 aliphatic carbocycles. The van der Waals surface area contributed by atoms with E-state index >= 15 is 0 Å². The van der Waals surface area contributed by atoms with Gasteiger partial charge < -0.3 is 0 Å². The summed E-state index contributed by atoms with van der Waals surface area (Å²) in [6.07, 6.45) is 0. The van der Waals surface area contributed by atoms with E-state index in [-0.39, 0.29) is 11.7 Å². The maximum atomic E-state index is 12.2. The normalized spacial score (nSPS) is 13.8. The highest BCUT2D eigenvalue weighted by molar-refractivity contribution is 9.10. The van der Waals surface area contributed by atoms with Gasteiger partial charge >= 0.3 is 0 Å². The molecule has 3 rings (SSSR count). The quantitative estimate of drug-likeness (QED) is 0.582. The van der Waals surface area contributed by atoms with Crippen LogP contribution >= 0.6 is 39.1 Å². The fourth-order valence-electron chi connectivity index (χ4n) is 2.18. The lowest BCUT2D eigenvalue weighted by atomic mass is 10.1. The third-order valence-electron chi connectivity index (χ3n) is 3.14. The summed E-state index contributed by atoms with van der Waals surface area (Å²) in [6.45, 7) is 0.0907. The largest absolute Gasteiger partial charge is 0.299 e. The predicted octanol–water partition coefficient (Wildman–Crippen LogP) is 3.88. The van der Waals surface area contributed by atoms with Gasteiger partial charge in [0.2, 0.25) is 0 Å². The number of pyridine rings is 1. The van der Waals surface area contributed by atoms with Crippen LogP contribution in [0, 0.1) is 0 Å². The first-order chi connectivity index (χ1) is 9.99. The summed E-state index contributed by atoms with van der Waals surface area (Å²) in [5.41, 5.74) is 1.34. The minimum absolute atomic E-state index is 0.0907. The van der Waals surface area contributed by atoms with Gasteiger partial charge in [-0.25, -0.2) is 4.98 Å². The average molecular weight is 386 g/mol. The molecular formula is C14H7BrCl2N2O2. The highest BCUT2D eigenvalue weighted by Gasteiger charge is 2.37. The minimum atomic E-state index is -0.602. The van der Waals surface area contributed by atoms with Crippen molar-refractivity contribution in [1.82, 2.24) is 4.98 Å². The first-order valence-corrected chi connectivity index (χ1v) is 7.49. The molecule has 0 unspecified atom stereocenters. The Morgan fingerprint density at radius 1 is 1.14 bits per heavy atom. The zero-order chi connectivity index (χ0) is 15.1. The molecule has 7 heteroatoms. The Labute approximate surface area is 138 Å². The van der Waals surface area contributed by atoms with Crippen LogP contribution in [0.15, 0.2) is 34.8 Å². The number of hydrogen-bond acceptors (Lipinski definition) is 3. The SMILES string of the molecule is O=C1C(=O)N(Cc2nc(Cl)ccc2Cl)c2cccc(Br)c21. The zero-order valence-corrected chi connectivity index (χ0v) is 13.5. The van der Waals surface area contributed by atoms with Gasteiger partial charge in [0.05, 0.1) is 28.5 Å². The van der Waals surface area contributed by atoms with Crippen LogP contribution in [0.2, 0.25) is 10.2 Å². The van der Waals surface area contributed by atoms with E-state index in [0.29, 0.717) is 26.4 Å². The number of benzene rings is 1. The van der Waals surface area contributed by atoms with E-state index in [0.717, 1.165) is 0 Å². The number of nitrogens with zero attached hydrogens (tertiary/aromatic N) is 2. The number of carbonyl (C=O) groups excluding carboxylic acids is 2. The molecule has 1 amide bonds. The molecule has 0 fully saturated rings. The molecular weight excluding hydrogens is 379 g/mol. The predicted molar refractivity (Wildman–Crippen MR) is 83.9 cm³/mol. The fourth-order valence-corrected chi connectivity index (χ4v) is 3.04. The van der Waals surface area contributed by atoms with Crippen molar-refractivity contribution in [3.05, 3.63) is 56.2 Å². The van der Waals surface area contributed by atoms with E-state index < -0.39 is 11.7 Å². The monoisotopic (exact) mass is 384 g/mol. The lowest BCUT2D eigenvalue weighted by Crippen LogP contribution is -2.29. The number of rotatable bonds is 2. The summed E-state index contributed by atoms with van der Waals surface area (Å²) in [6, 6.07) is 8.36. The van der Waals surface area contributed by atoms with Gasteiger partial charge in [0.25, 0.3) is 11.7 Å². The van der Waals surface area contributed by atoms with Gasteiger partial charge in [0.15, 0.2) is 0 Å². The summed E-state index contributed by atoms with van der Waals surface area (Å²) in [7, 11) is 0. The smallest absolute Gasteiger partial charge is 0.299 e. The van der Waals surface area contributed by atoms with Crippen LogP contribution in [0.4, 0.5) is 5.69 Å². The van der Waals surface area contributed by atoms with Crippen LogP contribution in [-0.4, -0.2) is 16.7 Å². The number of carbonyl (C=O) groups is 2. The minimum Gasteiger partial charge on any atom is -0.299 e. The number of aromatic nitrogens is 1. The van der Waals surface area contributed by atoms with Gasteiger partial charge in [-0.3, -0.25) is 14.5 Å². The Bertz CT molecular complexity index is 780. The van der Waals surface area contributed by atoms with Crippen LogP contribution in [0.1, 0.15) is 16.1 Å². The van der Waals surface area contributed by atoms with Gasteiger partial charge in [0.1, 0.15) is 5.15 Å². The molecule has 2 heterocycles. The van der Waals surface area contributed by atoms with Gasteiger partial charge in [-0.2, -0.15) is 0 Å². The Morgan fingerprint density at radius 3 is 2.67 bits per heavy atom. The molecule has 1 aliphatic heterocycles. The summed E-state index contributed by atoms with van der Waals surface area (Å²) in [5.74, 6) is -1.15. The molecule has 0 bridgehead atoms. The van der Waals surface area contributed by atoms with Crippen molar-refractivity contribution in [3.63, 3.8) is 0 Å². The summed E-state index contributed by atoms with van der Waals surface area (Å²) in [5, 5.41) is 0.671. The molecule has 1 aromatic heterocycles. The maximum absolute atomic E-state index is 12.2. The van der Waals surface area contributed by atoms with Crippen LogP contribution < -0.4 is 4.90 Å². The zero-order valence-electron chi connectivity index (χ0n) is 10.4. The van der Waals surface area contributed by atoms with E-state index in [1.54, 1.807) is 30.3 Å². The van der Waals surface area contributed by atoms with Crippen LogP contribution in [-0.2, 0) is 11.3 Å². The van der Waals surface area contributed by atoms with Crippen molar-refractivity contribution in [2.24, 2.45) is 0 Å². The molecule has 1 aromatic carbocycles. The number of fused-ring (bicyclic) bond motifs is 1. The van der Waals surface area contributed by atoms with E-state index in [4.69, 9.17) is 23.2 Å². The van der Waals surface area contributed by atoms with Crippen LogP contribution in [0.3, 0.4) is 0 Å². The van der Waals surface area contributed by atoms with Gasteiger partial charge in [-0.15, -0.1) is 0 Å². The molecule has 0 spiro atoms. The second-order valence-electron chi connectivity index (χ2n) is 4.42. The first kappa shape index (κ1) is 14.5. The second kappa shape index (κ2) is 5.40. The van der Waals surface area contributed by atoms with E-state index in [1.165, 1.54) is 4.90 Å². The third kappa shape index (κ3) is 2.46. The first-order valence-electron chi connectivity index (χ1n) is 5.94. The number of amides is 1. The van der Waals surface area contributed by atoms with Crippen molar-refractivity contribution in [2.45, 2.75) is 6.54 Å². The number of ketones is 1. The molecule has 1 aliphatic rings. The Kier molecular flexibility index (Phi) is 3.73. The number of hydrogen-bond donors (Lipinski definition) is 0. The number of halogens is 3. The maximum Gasteiger partial charge on any atom is 0.299 e. The number of Topliss-reactive ketones (excluding diaryl/α,β-unsaturated/α-hetero) is 1. The summed E-state index contributed by atoms with van der Waals surface area (Å²) >= 11 is 15.2. The standard InChI is InChI=1S/C14H7BrCl2N2O2/c15-7-2-1-3-10-12(7)13(20)14(21)19(10)6-9-8(16)4-5-11(17)18-9/h1-5H,6H2. The summed E-state index contributed by atoms with van der Waals surface area (Å²) in [4.78, 5) is 29.7. The summed E-state index contributed by atoms with van der Waals surface area (Å²) < 4.78 is 0.589. The number of anilines is 1. The highest BCUT2D eigenvalue weighted by atomic mass is 79.9. The van der Waals surface area contributed by atoms with Gasteiger partial charge in [0, 0.05) is 4.47 Å². The Morgan fingerprint density at radius 2 is 1.90 bits per heavy atom. The topological polar surface area (TPSA) is 50.3 Å². The molecule has 0 N–H and O–H groups in total. The molecule has 0 radical (unpaired) electrons. The van der Waals surface area contributed by atoms with Crippen molar-refractivity contribution in [2.75, 3.05) is 4.90 Å². The second-order valence-corrected chi connectivity index (χ2v) is 6.07. The van der Waals surface area contributed by atoms with Gasteiger partial charge in [-0.1, -0.05) is 29.3 Å². The van der Waals surface area contributed by atoms with E-state index in [2.05, 4.69) is 20.9 Å². The van der Waals surface area contributed by atoms with Crippen molar-refractivity contribution in [3.8, 4) is 0 Å². The van der Waals surface area contributed by atoms with Crippen molar-refractivity contribution < 1.29 is 9.59 Å². The molecule has 0 atom stereocenters.